The summed E-state index contributed by atoms with van der Waals surface area (Å²) >= 11 is 6.21. The number of hydrogen-bond acceptors (Lipinski definition) is 6. The first-order valence-corrected chi connectivity index (χ1v) is 9.63. The first-order chi connectivity index (χ1) is 11.5. The molecule has 0 unspecified atom stereocenters. The van der Waals surface area contributed by atoms with Gasteiger partial charge < -0.3 is 9.88 Å². The zero-order chi connectivity index (χ0) is 17.1. The lowest BCUT2D eigenvalue weighted by Crippen LogP contribution is -2.14. The van der Waals surface area contributed by atoms with Gasteiger partial charge in [-0.25, -0.2) is 4.98 Å². The number of amides is 1. The van der Waals surface area contributed by atoms with Crippen LogP contribution in [0.25, 0.3) is 11.4 Å². The first-order valence-electron chi connectivity index (χ1n) is 7.03. The summed E-state index contributed by atoms with van der Waals surface area (Å²) in [5, 5.41) is 12.5. The summed E-state index contributed by atoms with van der Waals surface area (Å²) in [4.78, 5) is 17.2. The maximum Gasteiger partial charge on any atom is 0.236 e. The molecule has 0 aliphatic heterocycles. The van der Waals surface area contributed by atoms with Crippen LogP contribution in [0.3, 0.4) is 0 Å². The highest BCUT2D eigenvalue weighted by molar-refractivity contribution is 9.10. The van der Waals surface area contributed by atoms with Gasteiger partial charge in [-0.2, -0.15) is 0 Å². The molecule has 124 valence electrons. The predicted molar refractivity (Wildman–Crippen MR) is 100 cm³/mol. The topological polar surface area (TPSA) is 72.7 Å². The molecular weight excluding hydrogens is 410 g/mol. The lowest BCUT2D eigenvalue weighted by atomic mass is 10.2. The van der Waals surface area contributed by atoms with Gasteiger partial charge in [-0.05, 0) is 19.1 Å². The SMILES string of the molecule is Cc1cnc(NC(=O)CSc2nnc(-c3ccc(Br)cc3)n2C)s1. The van der Waals surface area contributed by atoms with Crippen molar-refractivity contribution >= 4 is 50.1 Å². The Bertz CT molecular complexity index is 859. The van der Waals surface area contributed by atoms with E-state index in [9.17, 15) is 4.79 Å². The molecule has 1 amide bonds. The molecule has 0 aliphatic carbocycles. The molecular formula is C15H14BrN5OS2. The molecule has 3 rings (SSSR count). The van der Waals surface area contributed by atoms with Gasteiger partial charge in [0.1, 0.15) is 0 Å². The van der Waals surface area contributed by atoms with Crippen LogP contribution in [0.15, 0.2) is 40.1 Å². The van der Waals surface area contributed by atoms with Gasteiger partial charge in [-0.3, -0.25) is 4.79 Å². The fraction of sp³-hybridized carbons (Fsp3) is 0.200. The van der Waals surface area contributed by atoms with Crippen LogP contribution in [0.5, 0.6) is 0 Å². The number of thioether (sulfide) groups is 1. The summed E-state index contributed by atoms with van der Waals surface area (Å²) in [6.45, 7) is 1.95. The molecule has 0 saturated heterocycles. The first kappa shape index (κ1) is 17.1. The number of benzene rings is 1. The van der Waals surface area contributed by atoms with Crippen molar-refractivity contribution in [2.45, 2.75) is 12.1 Å². The maximum atomic E-state index is 12.0. The highest BCUT2D eigenvalue weighted by atomic mass is 79.9. The molecule has 9 heteroatoms. The van der Waals surface area contributed by atoms with Crippen molar-refractivity contribution < 1.29 is 4.79 Å². The molecule has 0 saturated carbocycles. The largest absolute Gasteiger partial charge is 0.305 e. The van der Waals surface area contributed by atoms with E-state index in [-0.39, 0.29) is 11.7 Å². The second-order valence-electron chi connectivity index (χ2n) is 4.99. The summed E-state index contributed by atoms with van der Waals surface area (Å²) in [5.41, 5.74) is 0.975. The third-order valence-corrected chi connectivity index (χ3v) is 5.51. The van der Waals surface area contributed by atoms with Crippen LogP contribution in [-0.4, -0.2) is 31.4 Å². The molecule has 0 spiro atoms. The number of halogens is 1. The number of carbonyl (C=O) groups excluding carboxylic acids is 1. The lowest BCUT2D eigenvalue weighted by molar-refractivity contribution is -0.113. The molecule has 0 fully saturated rings. The van der Waals surface area contributed by atoms with Gasteiger partial charge in [0.2, 0.25) is 5.91 Å². The highest BCUT2D eigenvalue weighted by Gasteiger charge is 2.13. The minimum atomic E-state index is -0.109. The molecule has 0 radical (unpaired) electrons. The molecule has 6 nitrogen and oxygen atoms in total. The number of rotatable bonds is 5. The maximum absolute atomic E-state index is 12.0. The van der Waals surface area contributed by atoms with E-state index in [1.165, 1.54) is 23.1 Å². The van der Waals surface area contributed by atoms with E-state index in [4.69, 9.17) is 0 Å². The van der Waals surface area contributed by atoms with Crippen molar-refractivity contribution in [1.82, 2.24) is 19.7 Å². The number of thiazole rings is 1. The van der Waals surface area contributed by atoms with Crippen LogP contribution in [0.1, 0.15) is 4.88 Å². The average molecular weight is 424 g/mol. The van der Waals surface area contributed by atoms with E-state index in [2.05, 4.69) is 36.4 Å². The van der Waals surface area contributed by atoms with Crippen LogP contribution in [0.4, 0.5) is 5.13 Å². The quantitative estimate of drug-likeness (QED) is 0.632. The molecule has 2 aromatic heterocycles. The number of hydrogen-bond donors (Lipinski definition) is 1. The zero-order valence-corrected chi connectivity index (χ0v) is 16.2. The Morgan fingerprint density at radius 1 is 1.33 bits per heavy atom. The van der Waals surface area contributed by atoms with Crippen molar-refractivity contribution in [2.24, 2.45) is 7.05 Å². The van der Waals surface area contributed by atoms with Crippen molar-refractivity contribution in [3.8, 4) is 11.4 Å². The van der Waals surface area contributed by atoms with Crippen molar-refractivity contribution in [3.05, 3.63) is 39.8 Å². The van der Waals surface area contributed by atoms with Gasteiger partial charge in [0.25, 0.3) is 0 Å². The minimum absolute atomic E-state index is 0.109. The number of nitrogens with zero attached hydrogens (tertiary/aromatic N) is 4. The Balaban J connectivity index is 1.63. The molecule has 1 aromatic carbocycles. The van der Waals surface area contributed by atoms with E-state index >= 15 is 0 Å². The number of anilines is 1. The van der Waals surface area contributed by atoms with E-state index in [0.717, 1.165) is 20.7 Å². The van der Waals surface area contributed by atoms with Gasteiger partial charge in [-0.1, -0.05) is 39.8 Å². The van der Waals surface area contributed by atoms with Crippen LogP contribution < -0.4 is 5.32 Å². The fourth-order valence-corrected chi connectivity index (χ4v) is 3.64. The predicted octanol–water partition coefficient (Wildman–Crippen LogP) is 3.74. The van der Waals surface area contributed by atoms with Crippen LogP contribution in [-0.2, 0) is 11.8 Å². The molecule has 1 N–H and O–H groups in total. The van der Waals surface area contributed by atoms with E-state index in [0.29, 0.717) is 10.3 Å². The Labute approximate surface area is 155 Å². The van der Waals surface area contributed by atoms with Crippen LogP contribution >= 0.6 is 39.0 Å². The number of aromatic nitrogens is 4. The number of carbonyl (C=O) groups is 1. The molecule has 2 heterocycles. The van der Waals surface area contributed by atoms with Crippen LogP contribution in [0.2, 0.25) is 0 Å². The zero-order valence-electron chi connectivity index (χ0n) is 13.0. The smallest absolute Gasteiger partial charge is 0.236 e. The summed E-state index contributed by atoms with van der Waals surface area (Å²) < 4.78 is 2.89. The second kappa shape index (κ2) is 7.45. The monoisotopic (exact) mass is 423 g/mol. The Kier molecular flexibility index (Phi) is 5.32. The molecule has 0 aliphatic rings. The van der Waals surface area contributed by atoms with Crippen molar-refractivity contribution in [2.75, 3.05) is 11.1 Å². The Morgan fingerprint density at radius 3 is 2.75 bits per heavy atom. The number of aryl methyl sites for hydroxylation is 1. The fourth-order valence-electron chi connectivity index (χ4n) is 1.99. The minimum Gasteiger partial charge on any atom is -0.305 e. The van der Waals surface area contributed by atoms with E-state index in [1.54, 1.807) is 6.20 Å². The van der Waals surface area contributed by atoms with Gasteiger partial charge >= 0.3 is 0 Å². The van der Waals surface area contributed by atoms with Crippen LogP contribution in [0, 0.1) is 6.92 Å². The standard InChI is InChI=1S/C15H14BrN5OS2/c1-9-7-17-14(24-9)18-12(22)8-23-15-20-19-13(21(15)2)10-3-5-11(16)6-4-10/h3-7H,8H2,1-2H3,(H,17,18,22). The van der Waals surface area contributed by atoms with Crippen molar-refractivity contribution in [3.63, 3.8) is 0 Å². The molecule has 24 heavy (non-hydrogen) atoms. The van der Waals surface area contributed by atoms with Crippen molar-refractivity contribution in [1.29, 1.82) is 0 Å². The normalized spacial score (nSPS) is 10.8. The average Bonchev–Trinajstić information content (AvgIpc) is 3.12. The molecule has 3 aromatic rings. The highest BCUT2D eigenvalue weighted by Crippen LogP contribution is 2.24. The third kappa shape index (κ3) is 4.03. The third-order valence-electron chi connectivity index (χ3n) is 3.14. The molecule has 0 bridgehead atoms. The summed E-state index contributed by atoms with van der Waals surface area (Å²) in [5.74, 6) is 0.911. The van der Waals surface area contributed by atoms with Gasteiger partial charge in [0.05, 0.1) is 5.75 Å². The Morgan fingerprint density at radius 2 is 2.08 bits per heavy atom. The van der Waals surface area contributed by atoms with E-state index in [1.807, 2.05) is 42.8 Å². The Hall–Kier alpha value is -1.71. The summed E-state index contributed by atoms with van der Waals surface area (Å²) in [7, 11) is 1.89. The number of nitrogens with one attached hydrogen (secondary N) is 1. The summed E-state index contributed by atoms with van der Waals surface area (Å²) in [6, 6.07) is 7.86. The lowest BCUT2D eigenvalue weighted by Gasteiger charge is -2.04. The second-order valence-corrected chi connectivity index (χ2v) is 8.08. The van der Waals surface area contributed by atoms with Gasteiger partial charge in [0.15, 0.2) is 16.1 Å². The molecule has 0 atom stereocenters. The van der Waals surface area contributed by atoms with Gasteiger partial charge in [-0.15, -0.1) is 21.5 Å². The summed E-state index contributed by atoms with van der Waals surface area (Å²) in [6.07, 6.45) is 1.74. The van der Waals surface area contributed by atoms with Gasteiger partial charge in [0, 0.05) is 28.2 Å². The van der Waals surface area contributed by atoms with E-state index < -0.39 is 0 Å².